The first-order chi connectivity index (χ1) is 5.34. The highest BCUT2D eigenvalue weighted by molar-refractivity contribution is 6.08. The van der Waals surface area contributed by atoms with Crippen molar-refractivity contribution in [2.75, 3.05) is 0 Å². The lowest BCUT2D eigenvalue weighted by molar-refractivity contribution is 1.13. The molecule has 0 saturated heterocycles. The molecule has 1 N–H and O–H groups in total. The van der Waals surface area contributed by atoms with Gasteiger partial charge >= 0.3 is 0 Å². The molecular weight excluding hydrogens is 138 g/mol. The first-order valence-corrected chi connectivity index (χ1v) is 3.13. The van der Waals surface area contributed by atoms with E-state index in [0.717, 1.165) is 0 Å². The van der Waals surface area contributed by atoms with Crippen molar-refractivity contribution in [3.05, 3.63) is 24.3 Å². The zero-order valence-corrected chi connectivity index (χ0v) is 6.13. The molecule has 0 radical (unpaired) electrons. The predicted octanol–water partition coefficient (Wildman–Crippen LogP) is 0.868. The van der Waals surface area contributed by atoms with Gasteiger partial charge in [0.25, 0.3) is 0 Å². The van der Waals surface area contributed by atoms with Crippen LogP contribution in [0, 0.1) is 17.3 Å². The first kappa shape index (κ1) is 7.42. The molecule has 0 unspecified atom stereocenters. The minimum absolute atomic E-state index is 0.160. The normalized spacial score (nSPS) is 8.09. The lowest BCUT2D eigenvalue weighted by atomic mass is 10.3. The van der Waals surface area contributed by atoms with Gasteiger partial charge in [0.05, 0.1) is 0 Å². The lowest BCUT2D eigenvalue weighted by Crippen LogP contribution is -2.00. The van der Waals surface area contributed by atoms with Crippen LogP contribution in [0.1, 0.15) is 12.7 Å². The highest BCUT2D eigenvalue weighted by atomic mass is 14.9. The molecule has 1 heterocycles. The van der Waals surface area contributed by atoms with E-state index in [-0.39, 0.29) is 5.71 Å². The third-order valence-electron chi connectivity index (χ3n) is 1.04. The van der Waals surface area contributed by atoms with Crippen molar-refractivity contribution in [2.24, 2.45) is 0 Å². The van der Waals surface area contributed by atoms with Crippen LogP contribution < -0.4 is 0 Å². The summed E-state index contributed by atoms with van der Waals surface area (Å²) < 4.78 is 0. The van der Waals surface area contributed by atoms with Gasteiger partial charge in [-0.1, -0.05) is 5.92 Å². The van der Waals surface area contributed by atoms with Crippen molar-refractivity contribution in [3.63, 3.8) is 0 Å². The third-order valence-corrected chi connectivity index (χ3v) is 1.04. The van der Waals surface area contributed by atoms with E-state index in [1.165, 1.54) is 0 Å². The van der Waals surface area contributed by atoms with Crippen LogP contribution in [0.2, 0.25) is 0 Å². The SMILES string of the molecule is CC#CC(=N)c1ncccn1. The van der Waals surface area contributed by atoms with E-state index in [1.807, 2.05) is 0 Å². The van der Waals surface area contributed by atoms with Gasteiger partial charge in [0.1, 0.15) is 5.71 Å². The fourth-order valence-corrected chi connectivity index (χ4v) is 0.609. The molecule has 0 aliphatic rings. The van der Waals surface area contributed by atoms with E-state index in [0.29, 0.717) is 5.82 Å². The Morgan fingerprint density at radius 2 is 2.09 bits per heavy atom. The molecule has 0 aliphatic carbocycles. The summed E-state index contributed by atoms with van der Waals surface area (Å²) in [6.07, 6.45) is 3.18. The minimum Gasteiger partial charge on any atom is -0.289 e. The van der Waals surface area contributed by atoms with Crippen molar-refractivity contribution >= 4 is 5.71 Å². The maximum Gasteiger partial charge on any atom is 0.186 e. The average molecular weight is 145 g/mol. The van der Waals surface area contributed by atoms with Crippen molar-refractivity contribution in [2.45, 2.75) is 6.92 Å². The molecule has 1 aromatic heterocycles. The summed E-state index contributed by atoms with van der Waals surface area (Å²) in [6, 6.07) is 1.70. The van der Waals surface area contributed by atoms with E-state index in [4.69, 9.17) is 5.41 Å². The fraction of sp³-hybridized carbons (Fsp3) is 0.125. The van der Waals surface area contributed by atoms with Crippen LogP contribution in [0.15, 0.2) is 18.5 Å². The minimum atomic E-state index is 0.160. The highest BCUT2D eigenvalue weighted by Gasteiger charge is 1.96. The Hall–Kier alpha value is -1.69. The van der Waals surface area contributed by atoms with Crippen LogP contribution in [0.25, 0.3) is 0 Å². The summed E-state index contributed by atoms with van der Waals surface area (Å²) in [7, 11) is 0. The Morgan fingerprint density at radius 1 is 1.45 bits per heavy atom. The van der Waals surface area contributed by atoms with Gasteiger partial charge in [-0.2, -0.15) is 0 Å². The van der Waals surface area contributed by atoms with Gasteiger partial charge in [0.15, 0.2) is 5.82 Å². The Bertz CT molecular complexity index is 305. The average Bonchev–Trinajstić information content (AvgIpc) is 2.07. The Labute approximate surface area is 65.0 Å². The maximum absolute atomic E-state index is 7.33. The molecule has 0 spiro atoms. The standard InChI is InChI=1S/C8H7N3/c1-2-4-7(9)8-10-5-3-6-11-8/h3,5-6,9H,1H3. The second-order valence-electron chi connectivity index (χ2n) is 1.82. The summed E-state index contributed by atoms with van der Waals surface area (Å²) in [4.78, 5) is 7.72. The third kappa shape index (κ3) is 1.87. The van der Waals surface area contributed by atoms with Crippen molar-refractivity contribution in [1.82, 2.24) is 9.97 Å². The van der Waals surface area contributed by atoms with Crippen LogP contribution in [0.3, 0.4) is 0 Å². The van der Waals surface area contributed by atoms with Gasteiger partial charge in [-0.25, -0.2) is 9.97 Å². The smallest absolute Gasteiger partial charge is 0.186 e. The predicted molar refractivity (Wildman–Crippen MR) is 42.3 cm³/mol. The van der Waals surface area contributed by atoms with Crippen molar-refractivity contribution < 1.29 is 0 Å². The zero-order valence-electron chi connectivity index (χ0n) is 6.13. The van der Waals surface area contributed by atoms with E-state index in [9.17, 15) is 0 Å². The highest BCUT2D eigenvalue weighted by Crippen LogP contribution is 1.87. The second kappa shape index (κ2) is 3.47. The molecule has 0 atom stereocenters. The van der Waals surface area contributed by atoms with Crippen LogP contribution in [0.5, 0.6) is 0 Å². The van der Waals surface area contributed by atoms with Crippen molar-refractivity contribution in [3.8, 4) is 11.8 Å². The van der Waals surface area contributed by atoms with Gasteiger partial charge < -0.3 is 0 Å². The molecule has 1 rings (SSSR count). The second-order valence-corrected chi connectivity index (χ2v) is 1.82. The molecule has 11 heavy (non-hydrogen) atoms. The number of rotatable bonds is 1. The molecule has 54 valence electrons. The van der Waals surface area contributed by atoms with E-state index < -0.39 is 0 Å². The molecule has 0 saturated carbocycles. The summed E-state index contributed by atoms with van der Waals surface area (Å²) in [5, 5.41) is 7.33. The monoisotopic (exact) mass is 145 g/mol. The van der Waals surface area contributed by atoms with E-state index in [2.05, 4.69) is 21.8 Å². The topological polar surface area (TPSA) is 49.6 Å². The van der Waals surface area contributed by atoms with Crippen LogP contribution in [-0.4, -0.2) is 15.7 Å². The number of hydrogen-bond donors (Lipinski definition) is 1. The zero-order chi connectivity index (χ0) is 8.10. The molecule has 3 heteroatoms. The number of nitrogens with one attached hydrogen (secondary N) is 1. The largest absolute Gasteiger partial charge is 0.289 e. The number of hydrogen-bond acceptors (Lipinski definition) is 3. The van der Waals surface area contributed by atoms with Crippen LogP contribution in [-0.2, 0) is 0 Å². The molecule has 0 aliphatic heterocycles. The van der Waals surface area contributed by atoms with Gasteiger partial charge in [-0.3, -0.25) is 5.41 Å². The quantitative estimate of drug-likeness (QED) is 0.470. The Balaban J connectivity index is 2.92. The summed E-state index contributed by atoms with van der Waals surface area (Å²) in [6.45, 7) is 1.68. The molecule has 1 aromatic rings. The summed E-state index contributed by atoms with van der Waals surface area (Å²) in [5.41, 5.74) is 0.160. The van der Waals surface area contributed by atoms with Gasteiger partial charge in [0, 0.05) is 12.4 Å². The number of nitrogens with zero attached hydrogens (tertiary/aromatic N) is 2. The van der Waals surface area contributed by atoms with E-state index >= 15 is 0 Å². The maximum atomic E-state index is 7.33. The Kier molecular flexibility index (Phi) is 2.34. The number of aromatic nitrogens is 2. The van der Waals surface area contributed by atoms with Gasteiger partial charge in [-0.15, -0.1) is 0 Å². The van der Waals surface area contributed by atoms with E-state index in [1.54, 1.807) is 25.4 Å². The summed E-state index contributed by atoms with van der Waals surface area (Å²) in [5.74, 6) is 5.56. The molecule has 0 fully saturated rings. The molecular formula is C8H7N3. The van der Waals surface area contributed by atoms with Crippen LogP contribution >= 0.6 is 0 Å². The Morgan fingerprint density at radius 3 is 2.64 bits per heavy atom. The summed E-state index contributed by atoms with van der Waals surface area (Å²) >= 11 is 0. The van der Waals surface area contributed by atoms with Crippen LogP contribution in [0.4, 0.5) is 0 Å². The van der Waals surface area contributed by atoms with Gasteiger partial charge in [-0.05, 0) is 18.9 Å². The van der Waals surface area contributed by atoms with Gasteiger partial charge in [0.2, 0.25) is 0 Å². The molecule has 3 nitrogen and oxygen atoms in total. The molecule has 0 aromatic carbocycles. The fourth-order valence-electron chi connectivity index (χ4n) is 0.609. The van der Waals surface area contributed by atoms with Crippen molar-refractivity contribution in [1.29, 1.82) is 5.41 Å². The first-order valence-electron chi connectivity index (χ1n) is 3.13. The molecule has 0 bridgehead atoms. The lowest BCUT2D eigenvalue weighted by Gasteiger charge is -1.90. The molecule has 0 amide bonds.